The van der Waals surface area contributed by atoms with Gasteiger partial charge in [0.1, 0.15) is 0 Å². The largest absolute Gasteiger partial charge is 0.376 e. The van der Waals surface area contributed by atoms with Crippen LogP contribution in [0.1, 0.15) is 0 Å². The van der Waals surface area contributed by atoms with E-state index in [2.05, 4.69) is 196 Å². The number of hydrogen-bond donors (Lipinski definition) is 0. The summed E-state index contributed by atoms with van der Waals surface area (Å²) in [6.45, 7) is 0.0371. The maximum absolute atomic E-state index is 2.59. The van der Waals surface area contributed by atoms with Crippen LogP contribution in [0.15, 0.2) is 182 Å². The van der Waals surface area contributed by atoms with Gasteiger partial charge >= 0.3 is 6.85 Å². The molecule has 0 saturated carbocycles. The van der Waals surface area contributed by atoms with Crippen molar-refractivity contribution in [3.63, 3.8) is 0 Å². The lowest BCUT2D eigenvalue weighted by Gasteiger charge is -2.43. The zero-order chi connectivity index (χ0) is 33.9. The molecule has 0 amide bonds. The molecule has 2 aromatic heterocycles. The third kappa shape index (κ3) is 3.56. The van der Waals surface area contributed by atoms with Crippen LogP contribution < -0.4 is 15.7 Å². The highest BCUT2D eigenvalue weighted by molar-refractivity contribution is 6.92. The molecule has 2 aliphatic rings. The fraction of sp³-hybridized carbons (Fsp3) is 0. The summed E-state index contributed by atoms with van der Waals surface area (Å²) in [6, 6.07) is 67.1. The molecule has 4 heterocycles. The van der Waals surface area contributed by atoms with Crippen LogP contribution in [-0.4, -0.2) is 16.0 Å². The average Bonchev–Trinajstić information content (AvgIpc) is 3.74. The first-order chi connectivity index (χ1) is 25.9. The Labute approximate surface area is 301 Å². The lowest BCUT2D eigenvalue weighted by Crippen LogP contribution is -2.59. The van der Waals surface area contributed by atoms with Crippen molar-refractivity contribution in [3.05, 3.63) is 182 Å². The van der Waals surface area contributed by atoms with Gasteiger partial charge in [-0.2, -0.15) is 0 Å². The first-order valence-corrected chi connectivity index (χ1v) is 18.1. The quantitative estimate of drug-likeness (QED) is 0.168. The van der Waals surface area contributed by atoms with Crippen LogP contribution in [0.25, 0.3) is 77.2 Å². The number of benzene rings is 8. The number of anilines is 2. The molecule has 240 valence electrons. The maximum atomic E-state index is 2.59. The number of hydrogen-bond acceptors (Lipinski definition) is 1. The van der Waals surface area contributed by atoms with Crippen molar-refractivity contribution in [1.82, 2.24) is 9.13 Å². The van der Waals surface area contributed by atoms with E-state index in [4.69, 9.17) is 0 Å². The van der Waals surface area contributed by atoms with Gasteiger partial charge in [-0.05, 0) is 70.6 Å². The highest BCUT2D eigenvalue weighted by Crippen LogP contribution is 2.50. The Bertz CT molecular complexity index is 3080. The monoisotopic (exact) mass is 659 g/mol. The molecule has 0 bridgehead atoms. The minimum Gasteiger partial charge on any atom is -0.376 e. The Morgan fingerprint density at radius 3 is 1.67 bits per heavy atom. The van der Waals surface area contributed by atoms with Gasteiger partial charge in [-0.25, -0.2) is 0 Å². The van der Waals surface area contributed by atoms with Crippen molar-refractivity contribution in [3.8, 4) is 33.6 Å². The predicted molar refractivity (Wildman–Crippen MR) is 220 cm³/mol. The number of fused-ring (bicyclic) bond motifs is 19. The van der Waals surface area contributed by atoms with E-state index < -0.39 is 0 Å². The summed E-state index contributed by atoms with van der Waals surface area (Å²) in [4.78, 5) is 2.59. The van der Waals surface area contributed by atoms with Crippen molar-refractivity contribution in [1.29, 1.82) is 0 Å². The summed E-state index contributed by atoms with van der Waals surface area (Å²) in [5, 5.41) is 5.07. The van der Waals surface area contributed by atoms with Gasteiger partial charge in [0.25, 0.3) is 0 Å². The molecule has 12 rings (SSSR count). The van der Waals surface area contributed by atoms with Crippen LogP contribution in [-0.2, 0) is 0 Å². The minimum atomic E-state index is 0.0371. The first kappa shape index (κ1) is 28.0. The topological polar surface area (TPSA) is 13.1 Å². The van der Waals surface area contributed by atoms with Gasteiger partial charge in [0.2, 0.25) is 0 Å². The summed E-state index contributed by atoms with van der Waals surface area (Å²) in [5.74, 6) is 0. The molecule has 4 heteroatoms. The van der Waals surface area contributed by atoms with Gasteiger partial charge < -0.3 is 13.9 Å². The number of aromatic nitrogens is 2. The van der Waals surface area contributed by atoms with E-state index >= 15 is 0 Å². The van der Waals surface area contributed by atoms with Gasteiger partial charge in [-0.1, -0.05) is 133 Å². The highest BCUT2D eigenvalue weighted by atomic mass is 15.1. The van der Waals surface area contributed by atoms with Crippen LogP contribution in [0.5, 0.6) is 0 Å². The second kappa shape index (κ2) is 10.4. The normalized spacial score (nSPS) is 12.9. The molecule has 0 saturated heterocycles. The Morgan fingerprint density at radius 1 is 0.346 bits per heavy atom. The lowest BCUT2D eigenvalue weighted by molar-refractivity contribution is 1.15. The number of rotatable bonds is 2. The molecule has 0 N–H and O–H groups in total. The molecule has 0 unspecified atom stereocenters. The Kier molecular flexibility index (Phi) is 5.58. The molecule has 0 spiro atoms. The van der Waals surface area contributed by atoms with E-state index in [1.54, 1.807) is 0 Å². The van der Waals surface area contributed by atoms with Crippen LogP contribution in [0, 0.1) is 0 Å². The third-order valence-electron chi connectivity index (χ3n) is 11.5. The summed E-state index contributed by atoms with van der Waals surface area (Å²) in [7, 11) is 0. The van der Waals surface area contributed by atoms with E-state index in [1.165, 1.54) is 88.2 Å². The van der Waals surface area contributed by atoms with E-state index in [1.807, 2.05) is 0 Å². The van der Waals surface area contributed by atoms with Gasteiger partial charge in [0.15, 0.2) is 0 Å². The zero-order valence-electron chi connectivity index (χ0n) is 28.2. The van der Waals surface area contributed by atoms with Crippen LogP contribution in [0.2, 0.25) is 0 Å². The van der Waals surface area contributed by atoms with Gasteiger partial charge in [0, 0.05) is 55.4 Å². The molecule has 0 aliphatic carbocycles. The molecule has 10 aromatic rings. The number of nitrogens with zero attached hydrogens (tertiary/aromatic N) is 3. The smallest absolute Gasteiger partial charge is 0.329 e. The summed E-state index contributed by atoms with van der Waals surface area (Å²) < 4.78 is 4.99. The SMILES string of the molecule is c1ccc(-n2c3ccccc3c3ccc4c5c6c(ccc5n(-c5ccccc5)c4c32)B2c3ccccc3-c3ccccc3N2c2ccccc2-6)cc1. The van der Waals surface area contributed by atoms with Crippen molar-refractivity contribution < 1.29 is 0 Å². The lowest BCUT2D eigenvalue weighted by atomic mass is 9.43. The molecule has 8 aromatic carbocycles. The van der Waals surface area contributed by atoms with Crippen molar-refractivity contribution >= 4 is 72.8 Å². The Balaban J connectivity index is 1.29. The van der Waals surface area contributed by atoms with Crippen LogP contribution in [0.4, 0.5) is 11.4 Å². The Morgan fingerprint density at radius 2 is 0.904 bits per heavy atom. The molecule has 2 aliphatic heterocycles. The fourth-order valence-electron chi connectivity index (χ4n) is 9.50. The molecule has 0 fully saturated rings. The van der Waals surface area contributed by atoms with E-state index in [0.717, 1.165) is 11.4 Å². The van der Waals surface area contributed by atoms with E-state index in [9.17, 15) is 0 Å². The second-order valence-corrected chi connectivity index (χ2v) is 14.0. The maximum Gasteiger partial charge on any atom is 0.329 e. The van der Waals surface area contributed by atoms with E-state index in [0.29, 0.717) is 0 Å². The van der Waals surface area contributed by atoms with Crippen molar-refractivity contribution in [2.24, 2.45) is 0 Å². The minimum absolute atomic E-state index is 0.0371. The fourth-order valence-corrected chi connectivity index (χ4v) is 9.50. The van der Waals surface area contributed by atoms with Crippen LogP contribution in [0.3, 0.4) is 0 Å². The van der Waals surface area contributed by atoms with Gasteiger partial charge in [-0.3, -0.25) is 0 Å². The summed E-state index contributed by atoms with van der Waals surface area (Å²) >= 11 is 0. The second-order valence-electron chi connectivity index (χ2n) is 14.0. The third-order valence-corrected chi connectivity index (χ3v) is 11.5. The Hall–Kier alpha value is -6.78. The average molecular weight is 660 g/mol. The van der Waals surface area contributed by atoms with Gasteiger partial charge in [-0.15, -0.1) is 0 Å². The van der Waals surface area contributed by atoms with Crippen molar-refractivity contribution in [2.75, 3.05) is 4.81 Å². The predicted octanol–water partition coefficient (Wildman–Crippen LogP) is 10.8. The highest BCUT2D eigenvalue weighted by Gasteiger charge is 2.43. The number of para-hydroxylation sites is 5. The molecule has 0 radical (unpaired) electrons. The molecular weight excluding hydrogens is 629 g/mol. The van der Waals surface area contributed by atoms with Crippen LogP contribution >= 0.6 is 0 Å². The summed E-state index contributed by atoms with van der Waals surface area (Å²) in [6.07, 6.45) is 0. The van der Waals surface area contributed by atoms with Gasteiger partial charge in [0.05, 0.1) is 22.1 Å². The van der Waals surface area contributed by atoms with Crippen molar-refractivity contribution in [2.45, 2.75) is 0 Å². The standard InChI is InChI=1S/C48H30BN3/c1-3-15-31(16-4-1)50-41-24-12-8-21-35(41)36-27-28-38-46-44(51(48(38)47(36)50)32-17-5-2-6-18-32)30-29-40-45(46)37-22-10-14-26-43(37)52-42-25-13-9-20-34(42)33-19-7-11-23-39(33)49(40)52/h1-30H. The zero-order valence-corrected chi connectivity index (χ0v) is 28.2. The molecule has 52 heavy (non-hydrogen) atoms. The molecule has 0 atom stereocenters. The molecular formula is C48H30BN3. The first-order valence-electron chi connectivity index (χ1n) is 18.1. The molecule has 3 nitrogen and oxygen atoms in total. The summed E-state index contributed by atoms with van der Waals surface area (Å²) in [5.41, 5.74) is 17.5. The van der Waals surface area contributed by atoms with E-state index in [-0.39, 0.29) is 6.85 Å².